The van der Waals surface area contributed by atoms with Gasteiger partial charge in [-0.05, 0) is 231 Å². The number of aryl methyl sites for hydroxylation is 3. The highest BCUT2D eigenvalue weighted by Crippen LogP contribution is 2.28. The van der Waals surface area contributed by atoms with Crippen LogP contribution in [0.4, 0.5) is 38.5 Å². The average molecular weight is 1200 g/mol. The first-order chi connectivity index (χ1) is 26.5. The molecule has 14 heteroatoms. The van der Waals surface area contributed by atoms with Crippen LogP contribution in [0.15, 0.2) is 115 Å². The summed E-state index contributed by atoms with van der Waals surface area (Å²) in [4.78, 5) is 33.5. The lowest BCUT2D eigenvalue weighted by atomic mass is 10.1. The molecule has 0 aliphatic carbocycles. The Bertz CT molecular complexity index is 2300. The van der Waals surface area contributed by atoms with Gasteiger partial charge in [-0.2, -0.15) is 0 Å². The van der Waals surface area contributed by atoms with Crippen molar-refractivity contribution >= 4 is 142 Å². The van der Waals surface area contributed by atoms with Gasteiger partial charge in [0.25, 0.3) is 0 Å². The predicted molar refractivity (Wildman–Crippen MR) is 254 cm³/mol. The van der Waals surface area contributed by atoms with Gasteiger partial charge in [-0.1, -0.05) is 12.1 Å². The third-order valence-electron chi connectivity index (χ3n) is 7.95. The third kappa shape index (κ3) is 13.0. The fraction of sp³-hybridized carbons (Fsp3) is 0.0714. The molecule has 288 valence electrons. The molecule has 0 aromatic heterocycles. The molecular weight excluding hydrogens is 1170 g/mol. The lowest BCUT2D eigenvalue weighted by molar-refractivity contribution is 0.0686. The van der Waals surface area contributed by atoms with Gasteiger partial charge in [0.15, 0.2) is 0 Å². The zero-order chi connectivity index (χ0) is 41.1. The van der Waals surface area contributed by atoms with Crippen LogP contribution in [0.1, 0.15) is 47.8 Å². The molecule has 0 spiro atoms. The van der Waals surface area contributed by atoms with E-state index in [1.54, 1.807) is 30.3 Å². The number of hydrogen-bond acceptors (Lipinski definition) is 6. The topological polar surface area (TPSA) is 148 Å². The minimum Gasteiger partial charge on any atom is -0.478 e. The van der Waals surface area contributed by atoms with Crippen molar-refractivity contribution < 1.29 is 34.1 Å². The van der Waals surface area contributed by atoms with Gasteiger partial charge in [-0.3, -0.25) is 0 Å². The minimum atomic E-state index is -1.16. The summed E-state index contributed by atoms with van der Waals surface area (Å²) in [6.07, 6.45) is 0. The van der Waals surface area contributed by atoms with E-state index < -0.39 is 23.7 Å². The number of halogens is 5. The van der Waals surface area contributed by atoms with E-state index in [0.717, 1.165) is 54.1 Å². The summed E-state index contributed by atoms with van der Waals surface area (Å²) < 4.78 is 17.4. The minimum absolute atomic E-state index is 0.0852. The van der Waals surface area contributed by atoms with Crippen LogP contribution >= 0.6 is 90.4 Å². The number of hydrogen-bond donors (Lipinski definition) is 6. The quantitative estimate of drug-likeness (QED) is 0.0779. The van der Waals surface area contributed by atoms with Crippen molar-refractivity contribution in [3.8, 4) is 0 Å². The molecule has 0 saturated heterocycles. The Kier molecular flexibility index (Phi) is 16.7. The van der Waals surface area contributed by atoms with Crippen molar-refractivity contribution in [1.82, 2.24) is 0 Å². The van der Waals surface area contributed by atoms with E-state index in [0.29, 0.717) is 17.1 Å². The Balaban J connectivity index is 0.000000187. The van der Waals surface area contributed by atoms with Crippen LogP contribution in [0.25, 0.3) is 0 Å². The van der Waals surface area contributed by atoms with Crippen LogP contribution < -0.4 is 16.0 Å². The van der Waals surface area contributed by atoms with Crippen molar-refractivity contribution in [2.45, 2.75) is 20.8 Å². The van der Waals surface area contributed by atoms with Gasteiger partial charge in [0.05, 0.1) is 33.8 Å². The predicted octanol–water partition coefficient (Wildman–Crippen LogP) is 12.9. The van der Waals surface area contributed by atoms with Gasteiger partial charge in [0.1, 0.15) is 5.82 Å². The lowest BCUT2D eigenvalue weighted by Crippen LogP contribution is -2.04. The first kappa shape index (κ1) is 44.7. The molecule has 0 aliphatic heterocycles. The van der Waals surface area contributed by atoms with E-state index in [1.807, 2.05) is 81.4 Å². The Morgan fingerprint density at radius 1 is 0.429 bits per heavy atom. The zero-order valence-corrected chi connectivity index (χ0v) is 38.6. The molecule has 6 N–H and O–H groups in total. The molecule has 0 atom stereocenters. The highest BCUT2D eigenvalue weighted by molar-refractivity contribution is 14.1. The molecule has 0 fully saturated rings. The second kappa shape index (κ2) is 20.9. The summed E-state index contributed by atoms with van der Waals surface area (Å²) in [6.45, 7) is 5.92. The summed E-state index contributed by atoms with van der Waals surface area (Å²) >= 11 is 8.81. The number of nitrogens with one attached hydrogen (secondary N) is 3. The lowest BCUT2D eigenvalue weighted by Gasteiger charge is -2.12. The largest absolute Gasteiger partial charge is 0.478 e. The van der Waals surface area contributed by atoms with Gasteiger partial charge in [-0.15, -0.1) is 0 Å². The van der Waals surface area contributed by atoms with Crippen LogP contribution in [-0.2, 0) is 0 Å². The fourth-order valence-electron chi connectivity index (χ4n) is 5.12. The van der Waals surface area contributed by atoms with E-state index in [1.165, 1.54) is 12.1 Å². The standard InChI is InChI=1S/C14H11FINO2.C14H11I2NO2.C14H12INO2/c1-8-6-10(16)3-5-12(8)17-13-4-2-9(15)7-11(13)14(18)19;1-8-6-9(15)2-4-12(8)17-13-5-3-10(16)7-11(13)14(18)19;1-9-8-10(15)6-7-12(9)16-13-5-3-2-4-11(13)14(17)18/h2*2-7,17H,1H3,(H,18,19);2-8,16H,1H3,(H,17,18). The van der Waals surface area contributed by atoms with Crippen LogP contribution in [-0.4, -0.2) is 33.2 Å². The summed E-state index contributed by atoms with van der Waals surface area (Å²) in [7, 11) is 0. The SMILES string of the molecule is Cc1cc(I)ccc1Nc1ccc(F)cc1C(=O)O.Cc1cc(I)ccc1Nc1ccc(I)cc1C(=O)O.Cc1cc(I)ccc1Nc1ccccc1C(=O)O. The van der Waals surface area contributed by atoms with Gasteiger partial charge >= 0.3 is 17.9 Å². The second-order valence-electron chi connectivity index (χ2n) is 12.1. The Labute approximate surface area is 378 Å². The molecule has 0 aliphatic rings. The van der Waals surface area contributed by atoms with E-state index in [9.17, 15) is 23.9 Å². The number of carboxylic acids is 3. The highest BCUT2D eigenvalue weighted by atomic mass is 127. The molecule has 6 aromatic carbocycles. The maximum absolute atomic E-state index is 13.1. The molecule has 0 amide bonds. The van der Waals surface area contributed by atoms with Gasteiger partial charge < -0.3 is 31.3 Å². The maximum Gasteiger partial charge on any atom is 0.337 e. The molecule has 56 heavy (non-hydrogen) atoms. The van der Waals surface area contributed by atoms with Crippen LogP contribution in [0.2, 0.25) is 0 Å². The molecule has 0 bridgehead atoms. The number of carbonyl (C=O) groups is 3. The molecule has 6 rings (SSSR count). The van der Waals surface area contributed by atoms with E-state index in [-0.39, 0.29) is 16.7 Å². The summed E-state index contributed by atoms with van der Waals surface area (Å²) in [6, 6.07) is 33.6. The molecule has 0 saturated carbocycles. The number of para-hydroxylation sites is 1. The van der Waals surface area contributed by atoms with Crippen molar-refractivity contribution in [3.05, 3.63) is 169 Å². The monoisotopic (exact) mass is 1200 g/mol. The first-order valence-electron chi connectivity index (χ1n) is 16.5. The van der Waals surface area contributed by atoms with E-state index in [2.05, 4.69) is 112 Å². The average Bonchev–Trinajstić information content (AvgIpc) is 3.13. The number of rotatable bonds is 9. The molecule has 6 aromatic rings. The fourth-order valence-corrected chi connectivity index (χ4v) is 7.55. The summed E-state index contributed by atoms with van der Waals surface area (Å²) in [5.74, 6) is -3.59. The van der Waals surface area contributed by atoms with Crippen molar-refractivity contribution in [2.75, 3.05) is 16.0 Å². The van der Waals surface area contributed by atoms with Crippen LogP contribution in [0.3, 0.4) is 0 Å². The van der Waals surface area contributed by atoms with Crippen molar-refractivity contribution in [1.29, 1.82) is 0 Å². The second-order valence-corrected chi connectivity index (χ2v) is 17.1. The van der Waals surface area contributed by atoms with Gasteiger partial charge in [-0.25, -0.2) is 18.8 Å². The number of anilines is 6. The van der Waals surface area contributed by atoms with Crippen LogP contribution in [0.5, 0.6) is 0 Å². The van der Waals surface area contributed by atoms with Crippen LogP contribution in [0, 0.1) is 40.9 Å². The van der Waals surface area contributed by atoms with Crippen molar-refractivity contribution in [3.63, 3.8) is 0 Å². The van der Waals surface area contributed by atoms with Gasteiger partial charge in [0.2, 0.25) is 0 Å². The Hall–Kier alpha value is -4.02. The third-order valence-corrected chi connectivity index (χ3v) is 10.6. The highest BCUT2D eigenvalue weighted by Gasteiger charge is 2.14. The molecular formula is C42H34FI4N3O6. The maximum atomic E-state index is 13.1. The zero-order valence-electron chi connectivity index (χ0n) is 29.9. The number of carboxylic acid groups (broad SMARTS) is 3. The Morgan fingerprint density at radius 2 is 0.750 bits per heavy atom. The molecule has 0 radical (unpaired) electrons. The van der Waals surface area contributed by atoms with Gasteiger partial charge in [0, 0.05) is 31.3 Å². The first-order valence-corrected chi connectivity index (χ1v) is 20.8. The normalized spacial score (nSPS) is 10.2. The molecule has 9 nitrogen and oxygen atoms in total. The Morgan fingerprint density at radius 3 is 1.14 bits per heavy atom. The van der Waals surface area contributed by atoms with E-state index >= 15 is 0 Å². The molecule has 0 unspecified atom stereocenters. The summed E-state index contributed by atoms with van der Waals surface area (Å²) in [5.41, 5.74) is 7.86. The molecule has 0 heterocycles. The van der Waals surface area contributed by atoms with Crippen molar-refractivity contribution in [2.24, 2.45) is 0 Å². The summed E-state index contributed by atoms with van der Waals surface area (Å²) in [5, 5.41) is 36.8. The number of aromatic carboxylic acids is 3. The smallest absolute Gasteiger partial charge is 0.337 e. The number of benzene rings is 6. The van der Waals surface area contributed by atoms with E-state index in [4.69, 9.17) is 10.2 Å².